The first-order valence-electron chi connectivity index (χ1n) is 8.38. The second-order valence-corrected chi connectivity index (χ2v) is 7.78. The Morgan fingerprint density at radius 3 is 2.24 bits per heavy atom. The van der Waals surface area contributed by atoms with Gasteiger partial charge >= 0.3 is 12.2 Å². The Balaban J connectivity index is 2.13. The number of alkyl halides is 3. The third-order valence-electron chi connectivity index (χ3n) is 4.69. The summed E-state index contributed by atoms with van der Waals surface area (Å²) in [6.45, 7) is 0. The zero-order valence-electron chi connectivity index (χ0n) is 15.0. The minimum atomic E-state index is -5.30. The number of rotatable bonds is 4. The lowest BCUT2D eigenvalue weighted by Crippen LogP contribution is -2.72. The average Bonchev–Trinajstić information content (AvgIpc) is 2.67. The van der Waals surface area contributed by atoms with E-state index in [9.17, 15) is 27.9 Å². The molecule has 0 unspecified atom stereocenters. The Bertz CT molecular complexity index is 922. The molecule has 3 rings (SSSR count). The van der Waals surface area contributed by atoms with Gasteiger partial charge in [0.2, 0.25) is 5.72 Å². The van der Waals surface area contributed by atoms with Gasteiger partial charge in [0.25, 0.3) is 0 Å². The summed E-state index contributed by atoms with van der Waals surface area (Å²) in [5, 5.41) is 14.6. The van der Waals surface area contributed by atoms with Crippen molar-refractivity contribution in [3.05, 3.63) is 64.7 Å². The summed E-state index contributed by atoms with van der Waals surface area (Å²) >= 11 is 7.22. The largest absolute Gasteiger partial charge is 0.437 e. The predicted octanol–water partition coefficient (Wildman–Crippen LogP) is 4.17. The topological polar surface area (TPSA) is 78.4 Å². The van der Waals surface area contributed by atoms with Gasteiger partial charge in [-0.2, -0.15) is 13.2 Å². The zero-order chi connectivity index (χ0) is 21.4. The van der Waals surface area contributed by atoms with Gasteiger partial charge in [-0.3, -0.25) is 4.79 Å². The third kappa shape index (κ3) is 4.08. The Hall–Kier alpha value is -2.23. The van der Waals surface area contributed by atoms with E-state index in [4.69, 9.17) is 11.6 Å². The van der Waals surface area contributed by atoms with Crippen LogP contribution in [0.25, 0.3) is 0 Å². The second kappa shape index (κ2) is 7.89. The fraction of sp³-hybridized carbons (Fsp3) is 0.263. The van der Waals surface area contributed by atoms with E-state index < -0.39 is 35.7 Å². The number of carbonyl (C=O) groups excluding carboxylic acids is 2. The molecular weight excluding hydrogens is 429 g/mol. The number of amides is 2. The molecule has 2 aromatic carbocycles. The van der Waals surface area contributed by atoms with Crippen LogP contribution in [0.4, 0.5) is 18.0 Å². The van der Waals surface area contributed by atoms with Crippen LogP contribution in [-0.4, -0.2) is 35.1 Å². The van der Waals surface area contributed by atoms with E-state index in [0.29, 0.717) is 5.02 Å². The highest BCUT2D eigenvalue weighted by molar-refractivity contribution is 7.98. The van der Waals surface area contributed by atoms with Gasteiger partial charge in [0, 0.05) is 15.5 Å². The summed E-state index contributed by atoms with van der Waals surface area (Å²) < 4.78 is 41.5. The molecule has 1 heterocycles. The molecule has 1 aliphatic heterocycles. The average molecular weight is 445 g/mol. The quantitative estimate of drug-likeness (QED) is 0.488. The smallest absolute Gasteiger partial charge is 0.363 e. The minimum absolute atomic E-state index is 0.0780. The SMILES string of the molecule is CSc1ccc([C@@H]2NC(=O)N[C@](O)(C(F)(F)F)[C@@H]2C(=O)c2ccc(Cl)cc2)cc1. The minimum Gasteiger partial charge on any atom is -0.363 e. The van der Waals surface area contributed by atoms with Crippen molar-refractivity contribution >= 4 is 35.2 Å². The Morgan fingerprint density at radius 2 is 1.72 bits per heavy atom. The maximum atomic E-state index is 13.8. The van der Waals surface area contributed by atoms with Gasteiger partial charge in [-0.15, -0.1) is 11.8 Å². The monoisotopic (exact) mass is 444 g/mol. The van der Waals surface area contributed by atoms with E-state index in [2.05, 4.69) is 5.32 Å². The molecule has 3 atom stereocenters. The summed E-state index contributed by atoms with van der Waals surface area (Å²) in [5.41, 5.74) is -3.58. The number of ketones is 1. The molecule has 0 aliphatic carbocycles. The molecule has 0 aromatic heterocycles. The van der Waals surface area contributed by atoms with Crippen molar-refractivity contribution in [3.63, 3.8) is 0 Å². The maximum absolute atomic E-state index is 13.8. The lowest BCUT2D eigenvalue weighted by Gasteiger charge is -2.45. The summed E-state index contributed by atoms with van der Waals surface area (Å²) in [4.78, 5) is 25.9. The molecule has 1 fully saturated rings. The van der Waals surface area contributed by atoms with E-state index >= 15 is 0 Å². The summed E-state index contributed by atoms with van der Waals surface area (Å²) in [6, 6.07) is 8.96. The Kier molecular flexibility index (Phi) is 5.84. The van der Waals surface area contributed by atoms with Crippen molar-refractivity contribution in [2.75, 3.05) is 6.26 Å². The number of halogens is 4. The van der Waals surface area contributed by atoms with Crippen LogP contribution in [0, 0.1) is 5.92 Å². The molecule has 0 radical (unpaired) electrons. The Labute approximate surface area is 173 Å². The van der Waals surface area contributed by atoms with Crippen LogP contribution in [0.3, 0.4) is 0 Å². The number of hydrogen-bond acceptors (Lipinski definition) is 4. The molecule has 10 heteroatoms. The molecule has 154 valence electrons. The van der Waals surface area contributed by atoms with Gasteiger partial charge in [-0.05, 0) is 48.2 Å². The fourth-order valence-electron chi connectivity index (χ4n) is 3.22. The van der Waals surface area contributed by atoms with Gasteiger partial charge < -0.3 is 15.7 Å². The van der Waals surface area contributed by atoms with E-state index in [1.54, 1.807) is 12.1 Å². The fourth-order valence-corrected chi connectivity index (χ4v) is 3.76. The highest BCUT2D eigenvalue weighted by Gasteiger charge is 2.66. The molecule has 29 heavy (non-hydrogen) atoms. The molecule has 1 aliphatic rings. The first-order valence-corrected chi connectivity index (χ1v) is 9.98. The highest BCUT2D eigenvalue weighted by atomic mass is 35.5. The summed E-state index contributed by atoms with van der Waals surface area (Å²) in [6.07, 6.45) is -3.47. The molecular formula is C19H16ClF3N2O3S. The van der Waals surface area contributed by atoms with Crippen molar-refractivity contribution < 1.29 is 27.9 Å². The third-order valence-corrected chi connectivity index (χ3v) is 5.69. The second-order valence-electron chi connectivity index (χ2n) is 6.46. The molecule has 0 bridgehead atoms. The normalized spacial score (nSPS) is 24.6. The first-order chi connectivity index (χ1) is 13.6. The number of benzene rings is 2. The number of aliphatic hydroxyl groups is 1. The van der Waals surface area contributed by atoms with Crippen molar-refractivity contribution in [1.29, 1.82) is 0 Å². The summed E-state index contributed by atoms with van der Waals surface area (Å²) in [5.74, 6) is -3.06. The van der Waals surface area contributed by atoms with E-state index in [1.165, 1.54) is 53.5 Å². The van der Waals surface area contributed by atoms with Crippen molar-refractivity contribution in [2.24, 2.45) is 5.92 Å². The van der Waals surface area contributed by atoms with Crippen LogP contribution in [-0.2, 0) is 0 Å². The molecule has 0 saturated carbocycles. The number of carbonyl (C=O) groups is 2. The van der Waals surface area contributed by atoms with Crippen LogP contribution in [0.5, 0.6) is 0 Å². The van der Waals surface area contributed by atoms with Crippen LogP contribution in [0.2, 0.25) is 5.02 Å². The number of thioether (sulfide) groups is 1. The number of urea groups is 1. The molecule has 0 spiro atoms. The predicted molar refractivity (Wildman–Crippen MR) is 103 cm³/mol. The first kappa shape index (κ1) is 21.5. The van der Waals surface area contributed by atoms with Gasteiger partial charge in [-0.25, -0.2) is 4.79 Å². The van der Waals surface area contributed by atoms with Crippen LogP contribution in [0.15, 0.2) is 53.4 Å². The molecule has 3 N–H and O–H groups in total. The number of Topliss-reactive ketones (excluding diaryl/α,β-unsaturated/α-hetero) is 1. The van der Waals surface area contributed by atoms with Crippen LogP contribution in [0.1, 0.15) is 22.0 Å². The summed E-state index contributed by atoms with van der Waals surface area (Å²) in [7, 11) is 0. The molecule has 2 amide bonds. The van der Waals surface area contributed by atoms with Crippen molar-refractivity contribution in [2.45, 2.75) is 22.8 Å². The van der Waals surface area contributed by atoms with E-state index in [1.807, 2.05) is 6.26 Å². The van der Waals surface area contributed by atoms with Crippen LogP contribution >= 0.6 is 23.4 Å². The van der Waals surface area contributed by atoms with Gasteiger partial charge in [-0.1, -0.05) is 23.7 Å². The number of hydrogen-bond donors (Lipinski definition) is 3. The lowest BCUT2D eigenvalue weighted by molar-refractivity contribution is -0.287. The van der Waals surface area contributed by atoms with Gasteiger partial charge in [0.1, 0.15) is 5.92 Å². The lowest BCUT2D eigenvalue weighted by atomic mass is 9.77. The number of nitrogens with one attached hydrogen (secondary N) is 2. The van der Waals surface area contributed by atoms with E-state index in [0.717, 1.165) is 4.90 Å². The zero-order valence-corrected chi connectivity index (χ0v) is 16.5. The highest BCUT2D eigenvalue weighted by Crippen LogP contribution is 2.44. The molecule has 5 nitrogen and oxygen atoms in total. The molecule has 1 saturated heterocycles. The van der Waals surface area contributed by atoms with Crippen molar-refractivity contribution in [3.8, 4) is 0 Å². The van der Waals surface area contributed by atoms with Gasteiger partial charge in [0.15, 0.2) is 5.78 Å². The molecule has 2 aromatic rings. The Morgan fingerprint density at radius 1 is 1.14 bits per heavy atom. The standard InChI is InChI=1S/C19H16ClF3N2O3S/c1-29-13-8-4-10(5-9-13)15-14(16(26)11-2-6-12(20)7-3-11)18(28,19(21,22)23)25-17(27)24-15/h2-9,14-15,28H,1H3,(H2,24,25,27)/t14-,15-,18+/m0/s1. The van der Waals surface area contributed by atoms with Crippen molar-refractivity contribution in [1.82, 2.24) is 10.6 Å². The maximum Gasteiger partial charge on any atom is 0.437 e. The van der Waals surface area contributed by atoms with Crippen LogP contribution < -0.4 is 10.6 Å². The van der Waals surface area contributed by atoms with E-state index in [-0.39, 0.29) is 11.1 Å². The van der Waals surface area contributed by atoms with Gasteiger partial charge in [0.05, 0.1) is 6.04 Å².